The van der Waals surface area contributed by atoms with Crippen molar-refractivity contribution >= 4 is 31.3 Å². The SMILES string of the molecule is COC(=O)c1ccc(-c2cccc(CP)c2-c2ccc(C(=O)OC)cc2)cc1.Cc1ccc(S(=O)(=O)O)cc1. The molecule has 39 heavy (non-hydrogen) atoms. The van der Waals surface area contributed by atoms with Crippen molar-refractivity contribution in [3.05, 3.63) is 113 Å². The van der Waals surface area contributed by atoms with Gasteiger partial charge in [0.15, 0.2) is 0 Å². The molecule has 4 rings (SSSR count). The Labute approximate surface area is 230 Å². The van der Waals surface area contributed by atoms with Crippen LogP contribution in [0.2, 0.25) is 0 Å². The molecule has 0 amide bonds. The van der Waals surface area contributed by atoms with Gasteiger partial charge in [-0.25, -0.2) is 9.59 Å². The van der Waals surface area contributed by atoms with Gasteiger partial charge in [0.2, 0.25) is 0 Å². The number of hydrogen-bond donors (Lipinski definition) is 1. The van der Waals surface area contributed by atoms with E-state index in [4.69, 9.17) is 14.0 Å². The highest BCUT2D eigenvalue weighted by atomic mass is 32.2. The highest BCUT2D eigenvalue weighted by Gasteiger charge is 2.14. The van der Waals surface area contributed by atoms with Crippen LogP contribution in [0.3, 0.4) is 0 Å². The van der Waals surface area contributed by atoms with E-state index in [-0.39, 0.29) is 16.8 Å². The maximum absolute atomic E-state index is 11.7. The van der Waals surface area contributed by atoms with Crippen molar-refractivity contribution in [2.75, 3.05) is 14.2 Å². The molecule has 9 heteroatoms. The summed E-state index contributed by atoms with van der Waals surface area (Å²) in [4.78, 5) is 23.4. The third-order valence-electron chi connectivity index (χ3n) is 5.90. The summed E-state index contributed by atoms with van der Waals surface area (Å²) in [5.74, 6) is -0.714. The first-order valence-corrected chi connectivity index (χ1v) is 14.1. The summed E-state index contributed by atoms with van der Waals surface area (Å²) in [5.41, 5.74) is 7.32. The molecule has 0 radical (unpaired) electrons. The normalized spacial score (nSPS) is 10.7. The molecule has 0 saturated heterocycles. The lowest BCUT2D eigenvalue weighted by atomic mass is 9.90. The van der Waals surface area contributed by atoms with Crippen LogP contribution in [0.5, 0.6) is 0 Å². The average Bonchev–Trinajstić information content (AvgIpc) is 2.96. The lowest BCUT2D eigenvalue weighted by molar-refractivity contribution is 0.0592. The Hall–Kier alpha value is -3.84. The summed E-state index contributed by atoms with van der Waals surface area (Å²) in [7, 11) is 1.48. The van der Waals surface area contributed by atoms with Crippen molar-refractivity contribution in [2.45, 2.75) is 18.0 Å². The number of esters is 2. The number of rotatable bonds is 6. The van der Waals surface area contributed by atoms with Gasteiger partial charge in [-0.2, -0.15) is 8.42 Å². The standard InChI is InChI=1S/C23H21O4P.C7H8O3S/c1-26-22(24)17-10-6-15(7-11-17)20-5-3-4-19(14-28)21(20)16-8-12-18(13-9-16)23(25)27-2;1-6-2-4-7(5-3-6)11(8,9)10/h3-13H,14,28H2,1-2H3;2-5H,1H3,(H,8,9,10). The Balaban J connectivity index is 0.000000320. The maximum atomic E-state index is 11.7. The fourth-order valence-electron chi connectivity index (χ4n) is 3.86. The summed E-state index contributed by atoms with van der Waals surface area (Å²) in [6.45, 7) is 1.84. The Morgan fingerprint density at radius 1 is 0.744 bits per heavy atom. The summed E-state index contributed by atoms with van der Waals surface area (Å²) >= 11 is 0. The second-order valence-corrected chi connectivity index (χ2v) is 10.3. The molecule has 7 nitrogen and oxygen atoms in total. The second kappa shape index (κ2) is 13.3. The predicted octanol–water partition coefficient (Wildman–Crippen LogP) is 6.21. The molecule has 1 N–H and O–H groups in total. The van der Waals surface area contributed by atoms with E-state index in [2.05, 4.69) is 21.4 Å². The third kappa shape index (κ3) is 7.60. The van der Waals surface area contributed by atoms with Gasteiger partial charge >= 0.3 is 11.9 Å². The zero-order chi connectivity index (χ0) is 28.6. The van der Waals surface area contributed by atoms with Gasteiger partial charge in [-0.05, 0) is 77.3 Å². The van der Waals surface area contributed by atoms with Gasteiger partial charge in [0.05, 0.1) is 30.2 Å². The van der Waals surface area contributed by atoms with Crippen molar-refractivity contribution in [3.8, 4) is 22.3 Å². The first-order valence-electron chi connectivity index (χ1n) is 11.8. The quantitative estimate of drug-likeness (QED) is 0.169. The molecule has 0 aliphatic rings. The smallest absolute Gasteiger partial charge is 0.337 e. The molecule has 0 spiro atoms. The van der Waals surface area contributed by atoms with E-state index in [1.54, 1.807) is 36.4 Å². The first-order chi connectivity index (χ1) is 18.6. The van der Waals surface area contributed by atoms with Crippen LogP contribution in [0, 0.1) is 6.92 Å². The van der Waals surface area contributed by atoms with Gasteiger partial charge in [0, 0.05) is 0 Å². The van der Waals surface area contributed by atoms with E-state index >= 15 is 0 Å². The van der Waals surface area contributed by atoms with E-state index < -0.39 is 10.1 Å². The van der Waals surface area contributed by atoms with Crippen molar-refractivity contribution in [3.63, 3.8) is 0 Å². The monoisotopic (exact) mass is 564 g/mol. The molecule has 0 aliphatic heterocycles. The number of benzene rings is 4. The number of hydrogen-bond acceptors (Lipinski definition) is 6. The van der Waals surface area contributed by atoms with Gasteiger partial charge in [0.1, 0.15) is 0 Å². The van der Waals surface area contributed by atoms with Gasteiger partial charge in [-0.3, -0.25) is 4.55 Å². The lowest BCUT2D eigenvalue weighted by Crippen LogP contribution is -2.01. The van der Waals surface area contributed by atoms with E-state index in [1.165, 1.54) is 31.9 Å². The summed E-state index contributed by atoms with van der Waals surface area (Å²) in [6, 6.07) is 26.9. The van der Waals surface area contributed by atoms with Crippen molar-refractivity contribution in [1.29, 1.82) is 0 Å². The van der Waals surface area contributed by atoms with Crippen LogP contribution in [0.25, 0.3) is 22.3 Å². The Bertz CT molecular complexity index is 1540. The Morgan fingerprint density at radius 3 is 1.67 bits per heavy atom. The van der Waals surface area contributed by atoms with Crippen LogP contribution >= 0.6 is 9.24 Å². The second-order valence-electron chi connectivity index (χ2n) is 8.47. The zero-order valence-electron chi connectivity index (χ0n) is 21.7. The third-order valence-corrected chi connectivity index (χ3v) is 7.21. The highest BCUT2D eigenvalue weighted by Crippen LogP contribution is 2.36. The van der Waals surface area contributed by atoms with Crippen LogP contribution < -0.4 is 0 Å². The molecule has 0 heterocycles. The molecule has 202 valence electrons. The fraction of sp³-hybridized carbons (Fsp3) is 0.133. The van der Waals surface area contributed by atoms with Crippen molar-refractivity contribution in [2.24, 2.45) is 0 Å². The molecule has 0 aromatic heterocycles. The lowest BCUT2D eigenvalue weighted by Gasteiger charge is -2.15. The van der Waals surface area contributed by atoms with Crippen LogP contribution in [0.4, 0.5) is 0 Å². The number of methoxy groups -OCH3 is 2. The van der Waals surface area contributed by atoms with Crippen molar-refractivity contribution in [1.82, 2.24) is 0 Å². The fourth-order valence-corrected chi connectivity index (χ4v) is 4.68. The minimum Gasteiger partial charge on any atom is -0.465 e. The largest absolute Gasteiger partial charge is 0.465 e. The molecular formula is C30H29O7PS. The number of carbonyl (C=O) groups is 2. The molecule has 0 bridgehead atoms. The summed E-state index contributed by atoms with van der Waals surface area (Å²) < 4.78 is 39.1. The van der Waals surface area contributed by atoms with E-state index in [9.17, 15) is 18.0 Å². The molecule has 4 aromatic carbocycles. The Kier molecular flexibility index (Phi) is 10.1. The number of carbonyl (C=O) groups excluding carboxylic acids is 2. The zero-order valence-corrected chi connectivity index (χ0v) is 23.7. The van der Waals surface area contributed by atoms with Crippen LogP contribution in [0.15, 0.2) is 95.9 Å². The summed E-state index contributed by atoms with van der Waals surface area (Å²) in [6.07, 6.45) is 0.794. The minimum absolute atomic E-state index is 0.0666. The Morgan fingerprint density at radius 2 is 1.23 bits per heavy atom. The molecule has 1 unspecified atom stereocenters. The minimum atomic E-state index is -4.02. The van der Waals surface area contributed by atoms with E-state index in [0.29, 0.717) is 11.1 Å². The van der Waals surface area contributed by atoms with E-state index in [1.807, 2.05) is 37.3 Å². The number of aryl methyl sites for hydroxylation is 1. The van der Waals surface area contributed by atoms with Gasteiger partial charge < -0.3 is 9.47 Å². The number of ether oxygens (including phenoxy) is 2. The van der Waals surface area contributed by atoms with Crippen LogP contribution in [-0.4, -0.2) is 39.1 Å². The topological polar surface area (TPSA) is 107 Å². The van der Waals surface area contributed by atoms with Crippen molar-refractivity contribution < 1.29 is 32.0 Å². The first kappa shape index (κ1) is 29.7. The van der Waals surface area contributed by atoms with Crippen LogP contribution in [0.1, 0.15) is 31.8 Å². The van der Waals surface area contributed by atoms with Crippen LogP contribution in [-0.2, 0) is 25.8 Å². The molecule has 4 aromatic rings. The van der Waals surface area contributed by atoms with Gasteiger partial charge in [0.25, 0.3) is 10.1 Å². The molecule has 0 aliphatic carbocycles. The molecule has 0 saturated carbocycles. The van der Waals surface area contributed by atoms with E-state index in [0.717, 1.165) is 34.0 Å². The molecule has 1 atom stereocenters. The average molecular weight is 565 g/mol. The predicted molar refractivity (Wildman–Crippen MR) is 154 cm³/mol. The maximum Gasteiger partial charge on any atom is 0.337 e. The highest BCUT2D eigenvalue weighted by molar-refractivity contribution is 7.85. The molecule has 0 fully saturated rings. The van der Waals surface area contributed by atoms with Gasteiger partial charge in [-0.1, -0.05) is 60.2 Å². The summed E-state index contributed by atoms with van der Waals surface area (Å²) in [5, 5.41) is 0. The van der Waals surface area contributed by atoms with Gasteiger partial charge in [-0.15, -0.1) is 9.24 Å². The molecular weight excluding hydrogens is 535 g/mol.